The summed E-state index contributed by atoms with van der Waals surface area (Å²) in [5.41, 5.74) is 1.63. The van der Waals surface area contributed by atoms with E-state index >= 15 is 0 Å². The van der Waals surface area contributed by atoms with E-state index in [1.807, 2.05) is 36.4 Å². The molecular weight excluding hydrogens is 378 g/mol. The van der Waals surface area contributed by atoms with Crippen LogP contribution in [0, 0.1) is 6.92 Å². The topological polar surface area (TPSA) is 81.9 Å². The van der Waals surface area contributed by atoms with E-state index in [9.17, 15) is 4.79 Å². The maximum atomic E-state index is 12.1. The Morgan fingerprint density at radius 3 is 2.57 bits per heavy atom. The first-order valence-corrected chi connectivity index (χ1v) is 9.33. The molecule has 2 heterocycles. The van der Waals surface area contributed by atoms with Gasteiger partial charge in [-0.25, -0.2) is 9.67 Å². The van der Waals surface area contributed by atoms with E-state index in [1.165, 1.54) is 6.08 Å². The van der Waals surface area contributed by atoms with Gasteiger partial charge in [0.25, 0.3) is 0 Å². The van der Waals surface area contributed by atoms with Crippen LogP contribution in [0.1, 0.15) is 11.4 Å². The fraction of sp³-hybridized carbons (Fsp3) is 0.0435. The van der Waals surface area contributed by atoms with Crippen molar-refractivity contribution in [3.63, 3.8) is 0 Å². The van der Waals surface area contributed by atoms with Gasteiger partial charge in [0.05, 0.1) is 0 Å². The molecule has 0 fully saturated rings. The average Bonchev–Trinajstić information content (AvgIpc) is 3.29. The number of carbonyl (C=O) groups is 1. The molecule has 1 N–H and O–H groups in total. The van der Waals surface area contributed by atoms with Gasteiger partial charge < -0.3 is 10.1 Å². The molecule has 2 aromatic heterocycles. The smallest absolute Gasteiger partial charge is 0.248 e. The summed E-state index contributed by atoms with van der Waals surface area (Å²) < 4.78 is 7.49. The molecule has 1 amide bonds. The van der Waals surface area contributed by atoms with Crippen LogP contribution in [-0.4, -0.2) is 25.7 Å². The van der Waals surface area contributed by atoms with Gasteiger partial charge in [-0.1, -0.05) is 30.3 Å². The number of ether oxygens (including phenoxy) is 1. The summed E-state index contributed by atoms with van der Waals surface area (Å²) in [6.45, 7) is 1.79. The molecule has 0 bridgehead atoms. The van der Waals surface area contributed by atoms with Gasteiger partial charge in [0, 0.05) is 30.2 Å². The molecule has 0 aliphatic heterocycles. The quantitative estimate of drug-likeness (QED) is 0.487. The summed E-state index contributed by atoms with van der Waals surface area (Å²) in [5.74, 6) is 2.00. The molecule has 2 aromatic carbocycles. The van der Waals surface area contributed by atoms with Gasteiger partial charge >= 0.3 is 0 Å². The van der Waals surface area contributed by atoms with Crippen LogP contribution in [0.25, 0.3) is 11.9 Å². The van der Waals surface area contributed by atoms with Gasteiger partial charge in [0.15, 0.2) is 5.82 Å². The number of carbonyl (C=O) groups excluding carboxylic acids is 1. The summed E-state index contributed by atoms with van der Waals surface area (Å²) in [6, 6.07) is 20.2. The zero-order valence-corrected chi connectivity index (χ0v) is 16.3. The third-order valence-corrected chi connectivity index (χ3v) is 4.11. The Balaban J connectivity index is 1.40. The van der Waals surface area contributed by atoms with E-state index in [0.717, 1.165) is 5.56 Å². The molecule has 30 heavy (non-hydrogen) atoms. The van der Waals surface area contributed by atoms with Gasteiger partial charge in [-0.15, -0.1) is 0 Å². The fourth-order valence-electron chi connectivity index (χ4n) is 2.75. The normalized spacial score (nSPS) is 10.8. The second kappa shape index (κ2) is 8.83. The molecule has 4 aromatic rings. The minimum Gasteiger partial charge on any atom is -0.439 e. The van der Waals surface area contributed by atoms with E-state index in [2.05, 4.69) is 20.4 Å². The lowest BCUT2D eigenvalue weighted by molar-refractivity contribution is -0.111. The number of amides is 1. The maximum absolute atomic E-state index is 12.1. The maximum Gasteiger partial charge on any atom is 0.248 e. The molecule has 0 aliphatic carbocycles. The van der Waals surface area contributed by atoms with Crippen LogP contribution >= 0.6 is 0 Å². The van der Waals surface area contributed by atoms with Gasteiger partial charge in [0.1, 0.15) is 11.6 Å². The molecular formula is C23H19N5O2. The van der Waals surface area contributed by atoms with Crippen molar-refractivity contribution < 1.29 is 9.53 Å². The Morgan fingerprint density at radius 1 is 1.03 bits per heavy atom. The van der Waals surface area contributed by atoms with Crippen molar-refractivity contribution in [3.8, 4) is 17.4 Å². The third kappa shape index (κ3) is 4.96. The Bertz CT molecular complexity index is 1150. The number of anilines is 1. The van der Waals surface area contributed by atoms with E-state index in [4.69, 9.17) is 4.74 Å². The van der Waals surface area contributed by atoms with Gasteiger partial charge in [0.2, 0.25) is 11.8 Å². The predicted octanol–water partition coefficient (Wildman–Crippen LogP) is 4.41. The third-order valence-electron chi connectivity index (χ3n) is 4.11. The first-order chi connectivity index (χ1) is 14.7. The van der Waals surface area contributed by atoms with Crippen molar-refractivity contribution in [1.82, 2.24) is 19.7 Å². The van der Waals surface area contributed by atoms with Crippen LogP contribution in [0.2, 0.25) is 0 Å². The first-order valence-electron chi connectivity index (χ1n) is 9.33. The molecule has 148 valence electrons. The van der Waals surface area contributed by atoms with Crippen LogP contribution in [0.3, 0.4) is 0 Å². The van der Waals surface area contributed by atoms with Crippen LogP contribution in [0.15, 0.2) is 85.2 Å². The molecule has 0 spiro atoms. The number of nitrogens with one attached hydrogen (secondary N) is 1. The Morgan fingerprint density at radius 2 is 1.83 bits per heavy atom. The summed E-state index contributed by atoms with van der Waals surface area (Å²) in [7, 11) is 0. The summed E-state index contributed by atoms with van der Waals surface area (Å²) in [6.07, 6.45) is 6.75. The predicted molar refractivity (Wildman–Crippen MR) is 115 cm³/mol. The zero-order valence-electron chi connectivity index (χ0n) is 16.3. The highest BCUT2D eigenvalue weighted by atomic mass is 16.5. The van der Waals surface area contributed by atoms with Crippen LogP contribution in [0.5, 0.6) is 11.6 Å². The number of hydrogen-bond acceptors (Lipinski definition) is 5. The van der Waals surface area contributed by atoms with Gasteiger partial charge in [-0.2, -0.15) is 10.1 Å². The lowest BCUT2D eigenvalue weighted by Gasteiger charge is -2.09. The summed E-state index contributed by atoms with van der Waals surface area (Å²) in [4.78, 5) is 20.8. The highest BCUT2D eigenvalue weighted by molar-refractivity contribution is 6.01. The van der Waals surface area contributed by atoms with E-state index in [-0.39, 0.29) is 5.91 Å². The fourth-order valence-corrected chi connectivity index (χ4v) is 2.75. The molecule has 0 saturated carbocycles. The van der Waals surface area contributed by atoms with E-state index < -0.39 is 0 Å². The summed E-state index contributed by atoms with van der Waals surface area (Å²) >= 11 is 0. The molecule has 0 unspecified atom stereocenters. The molecule has 0 saturated heterocycles. The largest absolute Gasteiger partial charge is 0.439 e. The highest BCUT2D eigenvalue weighted by Gasteiger charge is 2.07. The molecule has 0 atom stereocenters. The van der Waals surface area contributed by atoms with E-state index in [0.29, 0.717) is 29.0 Å². The minimum atomic E-state index is -0.206. The second-order valence-electron chi connectivity index (χ2n) is 6.42. The van der Waals surface area contributed by atoms with Gasteiger partial charge in [-0.05, 0) is 48.9 Å². The molecule has 0 radical (unpaired) electrons. The molecule has 7 heteroatoms. The first kappa shape index (κ1) is 19.1. The van der Waals surface area contributed by atoms with Crippen molar-refractivity contribution in [2.45, 2.75) is 6.92 Å². The number of nitrogens with zero attached hydrogens (tertiary/aromatic N) is 4. The number of aryl methyl sites for hydroxylation is 1. The van der Waals surface area contributed by atoms with Crippen molar-refractivity contribution in [3.05, 3.63) is 96.6 Å². The minimum absolute atomic E-state index is 0.206. The Labute approximate surface area is 173 Å². The lowest BCUT2D eigenvalue weighted by atomic mass is 10.2. The number of hydrogen-bond donors (Lipinski definition) is 1. The highest BCUT2D eigenvalue weighted by Crippen LogP contribution is 2.23. The number of aromatic nitrogens is 4. The number of benzene rings is 2. The Kier molecular flexibility index (Phi) is 5.61. The average molecular weight is 397 g/mol. The van der Waals surface area contributed by atoms with Crippen molar-refractivity contribution in [1.29, 1.82) is 0 Å². The Hall–Kier alpha value is -4.26. The molecule has 7 nitrogen and oxygen atoms in total. The van der Waals surface area contributed by atoms with Crippen LogP contribution in [0.4, 0.5) is 5.69 Å². The monoisotopic (exact) mass is 397 g/mol. The van der Waals surface area contributed by atoms with Crippen molar-refractivity contribution in [2.24, 2.45) is 0 Å². The zero-order chi connectivity index (χ0) is 20.8. The molecule has 0 aliphatic rings. The van der Waals surface area contributed by atoms with Crippen LogP contribution in [-0.2, 0) is 4.79 Å². The van der Waals surface area contributed by atoms with Crippen LogP contribution < -0.4 is 10.1 Å². The molecule has 4 rings (SSSR count). The van der Waals surface area contributed by atoms with Crippen molar-refractivity contribution in [2.75, 3.05) is 5.32 Å². The second-order valence-corrected chi connectivity index (χ2v) is 6.42. The standard InChI is InChI=1S/C23H19N5O2/c1-17-25-21(28-15-5-14-24-28)16-23(26-17)30-20-11-9-19(10-12-20)27-22(29)13-8-18-6-3-2-4-7-18/h2-16H,1H3,(H,27,29)/b13-8+. The summed E-state index contributed by atoms with van der Waals surface area (Å²) in [5, 5.41) is 7.00. The lowest BCUT2D eigenvalue weighted by Crippen LogP contribution is -2.07. The van der Waals surface area contributed by atoms with Crippen molar-refractivity contribution >= 4 is 17.7 Å². The van der Waals surface area contributed by atoms with Gasteiger partial charge in [-0.3, -0.25) is 4.79 Å². The number of rotatable bonds is 6. The van der Waals surface area contributed by atoms with E-state index in [1.54, 1.807) is 60.4 Å². The SMILES string of the molecule is Cc1nc(Oc2ccc(NC(=O)/C=C/c3ccccc3)cc2)cc(-n2cccn2)n1.